The standard InChI is InChI=1S/C34H36ClN5O3S2/c1-19-30-28-10-9-26(35)32(30)31-20(2)38(3)37-27(31)18-44-16-22-14-23(39(4)36-22)17-45-29-15-24(13-21-7-5-8-25(21)29)43-12-6-11-40(28)33(19)34(41)42/h9-10,13-15H,5-8,11-12,16-18H2,1-4H3,(H,41,42). The number of aromatic nitrogens is 5. The Balaban J connectivity index is 1.34. The lowest BCUT2D eigenvalue weighted by Crippen LogP contribution is -2.12. The number of halogens is 1. The molecular formula is C34H36ClN5O3S2. The van der Waals surface area contributed by atoms with Crippen LogP contribution in [0, 0.1) is 13.8 Å². The molecule has 0 saturated heterocycles. The Morgan fingerprint density at radius 3 is 2.67 bits per heavy atom. The Hall–Kier alpha value is -3.34. The van der Waals surface area contributed by atoms with Crippen molar-refractivity contribution < 1.29 is 14.6 Å². The molecule has 7 rings (SSSR count). The second-order valence-electron chi connectivity index (χ2n) is 11.9. The first-order valence-electron chi connectivity index (χ1n) is 15.3. The van der Waals surface area contributed by atoms with E-state index in [4.69, 9.17) is 26.5 Å². The van der Waals surface area contributed by atoms with Crippen molar-refractivity contribution >= 4 is 52.0 Å². The largest absolute Gasteiger partial charge is 0.493 e. The molecule has 0 unspecified atom stereocenters. The molecule has 2 aliphatic rings. The van der Waals surface area contributed by atoms with Crippen molar-refractivity contribution in [2.24, 2.45) is 14.1 Å². The number of benzene rings is 2. The number of hydrogen-bond donors (Lipinski definition) is 1. The van der Waals surface area contributed by atoms with Crippen LogP contribution in [-0.4, -0.2) is 41.8 Å². The van der Waals surface area contributed by atoms with Gasteiger partial charge in [-0.15, -0.1) is 23.5 Å². The van der Waals surface area contributed by atoms with Gasteiger partial charge in [0.1, 0.15) is 11.4 Å². The van der Waals surface area contributed by atoms with Gasteiger partial charge in [0.25, 0.3) is 0 Å². The molecule has 2 aromatic carbocycles. The van der Waals surface area contributed by atoms with Gasteiger partial charge >= 0.3 is 5.97 Å². The summed E-state index contributed by atoms with van der Waals surface area (Å²) >= 11 is 10.6. The topological polar surface area (TPSA) is 87.1 Å². The van der Waals surface area contributed by atoms with Gasteiger partial charge in [-0.3, -0.25) is 9.36 Å². The normalized spacial score (nSPS) is 15.5. The number of aryl methyl sites for hydroxylation is 5. The van der Waals surface area contributed by atoms with Gasteiger partial charge < -0.3 is 14.4 Å². The third-order valence-corrected chi connectivity index (χ3v) is 11.5. The van der Waals surface area contributed by atoms with Crippen molar-refractivity contribution in [3.8, 4) is 16.9 Å². The van der Waals surface area contributed by atoms with Crippen LogP contribution in [0.25, 0.3) is 22.0 Å². The van der Waals surface area contributed by atoms with Gasteiger partial charge in [-0.05, 0) is 86.6 Å². The highest BCUT2D eigenvalue weighted by Crippen LogP contribution is 2.43. The van der Waals surface area contributed by atoms with Crippen LogP contribution in [0.4, 0.5) is 0 Å². The number of carbonyl (C=O) groups is 1. The van der Waals surface area contributed by atoms with E-state index in [0.717, 1.165) is 69.2 Å². The summed E-state index contributed by atoms with van der Waals surface area (Å²) in [6.45, 7) is 4.92. The molecule has 0 saturated carbocycles. The van der Waals surface area contributed by atoms with Crippen molar-refractivity contribution in [1.29, 1.82) is 0 Å². The van der Waals surface area contributed by atoms with E-state index in [-0.39, 0.29) is 5.69 Å². The van der Waals surface area contributed by atoms with E-state index in [0.29, 0.717) is 35.9 Å². The van der Waals surface area contributed by atoms with E-state index in [9.17, 15) is 9.90 Å². The van der Waals surface area contributed by atoms with Crippen LogP contribution in [0.15, 0.2) is 35.2 Å². The van der Waals surface area contributed by atoms with Crippen LogP contribution >= 0.6 is 35.1 Å². The molecule has 3 aromatic heterocycles. The van der Waals surface area contributed by atoms with E-state index >= 15 is 0 Å². The maximum absolute atomic E-state index is 12.7. The van der Waals surface area contributed by atoms with E-state index < -0.39 is 5.97 Å². The quantitative estimate of drug-likeness (QED) is 0.197. The predicted molar refractivity (Wildman–Crippen MR) is 182 cm³/mol. The molecule has 8 nitrogen and oxygen atoms in total. The SMILES string of the molecule is Cc1c(C(=O)O)n2c3ccc(Cl)c(c13)-c1c(nn(C)c1C)CSCc1cc(n(C)n1)CSc1cc(cc3c1CCC3)OCCC2. The third kappa shape index (κ3) is 5.44. The number of aromatic carboxylic acids is 1. The highest BCUT2D eigenvalue weighted by Gasteiger charge is 2.27. The molecule has 5 aromatic rings. The first kappa shape index (κ1) is 30.3. The van der Waals surface area contributed by atoms with Gasteiger partial charge in [-0.1, -0.05) is 11.6 Å². The molecule has 45 heavy (non-hydrogen) atoms. The van der Waals surface area contributed by atoms with E-state index in [1.54, 1.807) is 11.8 Å². The minimum Gasteiger partial charge on any atom is -0.493 e. The molecule has 0 radical (unpaired) electrons. The van der Waals surface area contributed by atoms with Crippen LogP contribution in [0.2, 0.25) is 5.02 Å². The van der Waals surface area contributed by atoms with Crippen molar-refractivity contribution in [3.05, 3.63) is 80.5 Å². The summed E-state index contributed by atoms with van der Waals surface area (Å²) in [6, 6.07) is 10.4. The van der Waals surface area contributed by atoms with E-state index in [2.05, 4.69) is 18.2 Å². The Morgan fingerprint density at radius 1 is 1.00 bits per heavy atom. The van der Waals surface area contributed by atoms with Crippen molar-refractivity contribution in [2.45, 2.75) is 68.2 Å². The number of fused-ring (bicyclic) bond motifs is 8. The highest BCUT2D eigenvalue weighted by atomic mass is 35.5. The summed E-state index contributed by atoms with van der Waals surface area (Å²) in [6.07, 6.45) is 4.00. The molecule has 1 N–H and O–H groups in total. The summed E-state index contributed by atoms with van der Waals surface area (Å²) in [4.78, 5) is 14.0. The molecule has 0 atom stereocenters. The highest BCUT2D eigenvalue weighted by molar-refractivity contribution is 7.98. The first-order chi connectivity index (χ1) is 21.7. The average molecular weight is 662 g/mol. The van der Waals surface area contributed by atoms with Crippen LogP contribution in [0.1, 0.15) is 62.8 Å². The zero-order valence-corrected chi connectivity index (χ0v) is 28.3. The van der Waals surface area contributed by atoms with Gasteiger partial charge in [0.15, 0.2) is 0 Å². The number of thioether (sulfide) groups is 2. The van der Waals surface area contributed by atoms with Crippen LogP contribution < -0.4 is 4.74 Å². The third-order valence-electron chi connectivity index (χ3n) is 9.12. The lowest BCUT2D eigenvalue weighted by molar-refractivity contribution is 0.0684. The molecule has 11 heteroatoms. The predicted octanol–water partition coefficient (Wildman–Crippen LogP) is 7.74. The summed E-state index contributed by atoms with van der Waals surface area (Å²) in [5.41, 5.74) is 10.6. The number of carboxylic acids is 1. The molecule has 234 valence electrons. The molecular weight excluding hydrogens is 626 g/mol. The van der Waals surface area contributed by atoms with E-state index in [1.165, 1.54) is 28.1 Å². The smallest absolute Gasteiger partial charge is 0.352 e. The fourth-order valence-electron chi connectivity index (χ4n) is 6.91. The van der Waals surface area contributed by atoms with Crippen LogP contribution in [0.5, 0.6) is 5.75 Å². The summed E-state index contributed by atoms with van der Waals surface area (Å²) in [7, 11) is 3.97. The summed E-state index contributed by atoms with van der Waals surface area (Å²) < 4.78 is 12.1. The zero-order valence-electron chi connectivity index (χ0n) is 25.9. The first-order valence-corrected chi connectivity index (χ1v) is 17.8. The lowest BCUT2D eigenvalue weighted by atomic mass is 9.97. The monoisotopic (exact) mass is 661 g/mol. The molecule has 4 heterocycles. The maximum atomic E-state index is 12.7. The lowest BCUT2D eigenvalue weighted by Gasteiger charge is -2.14. The Labute approximate surface area is 276 Å². The Kier molecular flexibility index (Phi) is 8.16. The minimum absolute atomic E-state index is 0.287. The fourth-order valence-corrected chi connectivity index (χ4v) is 9.19. The van der Waals surface area contributed by atoms with Gasteiger partial charge in [0, 0.05) is 81.2 Å². The number of nitrogens with zero attached hydrogens (tertiary/aromatic N) is 5. The number of ether oxygens (including phenoxy) is 1. The second kappa shape index (κ2) is 12.1. The zero-order chi connectivity index (χ0) is 31.4. The van der Waals surface area contributed by atoms with Crippen molar-refractivity contribution in [1.82, 2.24) is 24.1 Å². The molecule has 0 spiro atoms. The van der Waals surface area contributed by atoms with Crippen LogP contribution in [-0.2, 0) is 50.7 Å². The Bertz CT molecular complexity index is 1970. The number of rotatable bonds is 1. The molecule has 0 fully saturated rings. The van der Waals surface area contributed by atoms with Gasteiger partial charge in [-0.2, -0.15) is 10.2 Å². The number of carboxylic acid groups (broad SMARTS) is 1. The molecule has 1 aliphatic heterocycles. The minimum atomic E-state index is -0.949. The average Bonchev–Trinajstić information content (AvgIpc) is 3.75. The molecule has 0 amide bonds. The van der Waals surface area contributed by atoms with Crippen molar-refractivity contribution in [3.63, 3.8) is 0 Å². The van der Waals surface area contributed by atoms with E-state index in [1.807, 2.05) is 65.8 Å². The van der Waals surface area contributed by atoms with Crippen molar-refractivity contribution in [2.75, 3.05) is 6.61 Å². The summed E-state index contributed by atoms with van der Waals surface area (Å²) in [5, 5.41) is 21.6. The van der Waals surface area contributed by atoms with Crippen LogP contribution in [0.3, 0.4) is 0 Å². The van der Waals surface area contributed by atoms with Gasteiger partial charge in [-0.25, -0.2) is 4.79 Å². The fraction of sp³-hybridized carbons (Fsp3) is 0.382. The molecule has 8 bridgehead atoms. The Morgan fingerprint density at radius 2 is 1.84 bits per heavy atom. The number of hydrogen-bond acceptors (Lipinski definition) is 6. The van der Waals surface area contributed by atoms with Gasteiger partial charge in [0.2, 0.25) is 0 Å². The summed E-state index contributed by atoms with van der Waals surface area (Å²) in [5.74, 6) is 2.19. The second-order valence-corrected chi connectivity index (χ2v) is 14.3. The molecule has 1 aliphatic carbocycles. The van der Waals surface area contributed by atoms with Gasteiger partial charge in [0.05, 0.1) is 18.0 Å². The maximum Gasteiger partial charge on any atom is 0.352 e.